The lowest BCUT2D eigenvalue weighted by Crippen LogP contribution is -2.36. The van der Waals surface area contributed by atoms with Gasteiger partial charge in [-0.05, 0) is 30.5 Å². The summed E-state index contributed by atoms with van der Waals surface area (Å²) < 4.78 is 26.3. The highest BCUT2D eigenvalue weighted by Gasteiger charge is 2.37. The maximum absolute atomic E-state index is 13.2. The van der Waals surface area contributed by atoms with Crippen LogP contribution in [0.4, 0.5) is 8.78 Å². The Morgan fingerprint density at radius 1 is 1.40 bits per heavy atom. The van der Waals surface area contributed by atoms with Gasteiger partial charge in [0.25, 0.3) is 5.92 Å². The summed E-state index contributed by atoms with van der Waals surface area (Å²) in [5.74, 6) is -3.28. The van der Waals surface area contributed by atoms with Gasteiger partial charge in [-0.1, -0.05) is 18.2 Å². The predicted molar refractivity (Wildman–Crippen MR) is 54.9 cm³/mol. The van der Waals surface area contributed by atoms with Gasteiger partial charge in [0.2, 0.25) is 0 Å². The highest BCUT2D eigenvalue weighted by atomic mass is 19.3. The van der Waals surface area contributed by atoms with E-state index in [0.717, 1.165) is 11.1 Å². The molecular formula is C11H15F2NO. The second-order valence-electron chi connectivity index (χ2n) is 3.69. The minimum absolute atomic E-state index is 0.383. The summed E-state index contributed by atoms with van der Waals surface area (Å²) in [6.45, 7) is 2.35. The summed E-state index contributed by atoms with van der Waals surface area (Å²) in [7, 11) is 0. The van der Waals surface area contributed by atoms with Crippen LogP contribution in [-0.4, -0.2) is 17.6 Å². The number of aryl methyl sites for hydroxylation is 1. The van der Waals surface area contributed by atoms with Gasteiger partial charge in [-0.3, -0.25) is 0 Å². The fourth-order valence-corrected chi connectivity index (χ4v) is 1.44. The van der Waals surface area contributed by atoms with E-state index >= 15 is 0 Å². The number of hydrogen-bond acceptors (Lipinski definition) is 2. The molecule has 1 rings (SSSR count). The summed E-state index contributed by atoms with van der Waals surface area (Å²) in [6, 6.07) is 3.63. The van der Waals surface area contributed by atoms with Crippen molar-refractivity contribution in [2.75, 3.05) is 6.61 Å². The van der Waals surface area contributed by atoms with Crippen LogP contribution in [0.1, 0.15) is 22.7 Å². The minimum Gasteiger partial charge on any atom is -0.390 e. The van der Waals surface area contributed by atoms with Crippen molar-refractivity contribution < 1.29 is 13.9 Å². The molecule has 0 saturated carbocycles. The zero-order valence-electron chi connectivity index (χ0n) is 8.80. The van der Waals surface area contributed by atoms with Crippen LogP contribution in [0, 0.1) is 13.8 Å². The topological polar surface area (TPSA) is 46.2 Å². The van der Waals surface area contributed by atoms with E-state index in [-0.39, 0.29) is 0 Å². The van der Waals surface area contributed by atoms with E-state index in [2.05, 4.69) is 0 Å². The number of alkyl halides is 2. The first-order valence-corrected chi connectivity index (χ1v) is 4.70. The smallest absolute Gasteiger partial charge is 0.289 e. The van der Waals surface area contributed by atoms with Crippen molar-refractivity contribution in [3.05, 3.63) is 34.9 Å². The number of nitrogens with two attached hydrogens (primary N) is 1. The van der Waals surface area contributed by atoms with Crippen LogP contribution in [0.15, 0.2) is 18.2 Å². The molecule has 1 atom stereocenters. The van der Waals surface area contributed by atoms with Crippen LogP contribution >= 0.6 is 0 Å². The van der Waals surface area contributed by atoms with Crippen LogP contribution in [-0.2, 0) is 0 Å². The quantitative estimate of drug-likeness (QED) is 0.809. The molecule has 0 bridgehead atoms. The Balaban J connectivity index is 3.12. The number of aliphatic hydroxyl groups excluding tert-OH is 1. The van der Waals surface area contributed by atoms with Gasteiger partial charge in [0.1, 0.15) is 6.61 Å². The molecule has 0 amide bonds. The molecule has 3 N–H and O–H groups in total. The average molecular weight is 215 g/mol. The molecule has 15 heavy (non-hydrogen) atoms. The van der Waals surface area contributed by atoms with Gasteiger partial charge in [0.05, 0.1) is 6.04 Å². The predicted octanol–water partition coefficient (Wildman–Crippen LogP) is 1.93. The fraction of sp³-hybridized carbons (Fsp3) is 0.455. The molecular weight excluding hydrogens is 200 g/mol. The van der Waals surface area contributed by atoms with Gasteiger partial charge in [-0.2, -0.15) is 0 Å². The number of rotatable bonds is 3. The molecule has 84 valence electrons. The van der Waals surface area contributed by atoms with Crippen molar-refractivity contribution in [3.63, 3.8) is 0 Å². The van der Waals surface area contributed by atoms with Crippen LogP contribution in [0.2, 0.25) is 0 Å². The molecule has 0 heterocycles. The molecule has 1 aromatic carbocycles. The number of benzene rings is 1. The molecule has 0 fully saturated rings. The van der Waals surface area contributed by atoms with Crippen LogP contribution in [0.3, 0.4) is 0 Å². The zero-order chi connectivity index (χ0) is 11.6. The molecule has 0 aromatic heterocycles. The van der Waals surface area contributed by atoms with Crippen molar-refractivity contribution in [1.82, 2.24) is 0 Å². The molecule has 2 nitrogen and oxygen atoms in total. The Labute approximate surface area is 87.7 Å². The Kier molecular flexibility index (Phi) is 3.42. The van der Waals surface area contributed by atoms with Crippen molar-refractivity contribution in [2.24, 2.45) is 5.73 Å². The summed E-state index contributed by atoms with van der Waals surface area (Å²) in [5, 5.41) is 8.56. The van der Waals surface area contributed by atoms with Crippen LogP contribution < -0.4 is 5.73 Å². The molecule has 4 heteroatoms. The number of hydrogen-bond donors (Lipinski definition) is 2. The van der Waals surface area contributed by atoms with Gasteiger partial charge in [0, 0.05) is 0 Å². The molecule has 0 spiro atoms. The summed E-state index contributed by atoms with van der Waals surface area (Å²) in [5.41, 5.74) is 7.49. The second kappa shape index (κ2) is 4.24. The van der Waals surface area contributed by atoms with E-state index in [1.165, 1.54) is 0 Å². The summed E-state index contributed by atoms with van der Waals surface area (Å²) >= 11 is 0. The lowest BCUT2D eigenvalue weighted by molar-refractivity contribution is -0.0713. The van der Waals surface area contributed by atoms with E-state index in [4.69, 9.17) is 10.8 Å². The lowest BCUT2D eigenvalue weighted by Gasteiger charge is -2.23. The molecule has 0 aliphatic heterocycles. The van der Waals surface area contributed by atoms with E-state index in [1.54, 1.807) is 19.1 Å². The first-order valence-electron chi connectivity index (χ1n) is 4.70. The van der Waals surface area contributed by atoms with E-state index in [1.807, 2.05) is 13.0 Å². The standard InChI is InChI=1S/C11H15F2NO/c1-7-4-3-5-9(8(7)2)10(14)11(12,13)6-15/h3-5,10,15H,6,14H2,1-2H3/t10-/m1/s1. The Hall–Kier alpha value is -1.00. The molecule has 0 radical (unpaired) electrons. The molecule has 0 aliphatic rings. The average Bonchev–Trinajstić information content (AvgIpc) is 2.21. The van der Waals surface area contributed by atoms with Crippen molar-refractivity contribution in [3.8, 4) is 0 Å². The normalized spacial score (nSPS) is 14.0. The highest BCUT2D eigenvalue weighted by Crippen LogP contribution is 2.31. The van der Waals surface area contributed by atoms with Gasteiger partial charge >= 0.3 is 0 Å². The van der Waals surface area contributed by atoms with Gasteiger partial charge in [0.15, 0.2) is 0 Å². The van der Waals surface area contributed by atoms with Crippen molar-refractivity contribution >= 4 is 0 Å². The molecule has 1 aromatic rings. The summed E-state index contributed by atoms with van der Waals surface area (Å²) in [6.07, 6.45) is 0. The number of halogens is 2. The maximum Gasteiger partial charge on any atom is 0.289 e. The largest absolute Gasteiger partial charge is 0.390 e. The fourth-order valence-electron chi connectivity index (χ4n) is 1.44. The Morgan fingerprint density at radius 3 is 2.53 bits per heavy atom. The van der Waals surface area contributed by atoms with E-state index < -0.39 is 18.6 Å². The minimum atomic E-state index is -3.28. The summed E-state index contributed by atoms with van der Waals surface area (Å²) in [4.78, 5) is 0. The molecule has 0 aliphatic carbocycles. The first kappa shape index (κ1) is 12.1. The lowest BCUT2D eigenvalue weighted by atomic mass is 9.94. The Bertz CT molecular complexity index is 352. The second-order valence-corrected chi connectivity index (χ2v) is 3.69. The monoisotopic (exact) mass is 215 g/mol. The first-order chi connectivity index (χ1) is 6.90. The van der Waals surface area contributed by atoms with Gasteiger partial charge in [-0.15, -0.1) is 0 Å². The van der Waals surface area contributed by atoms with Crippen LogP contribution in [0.25, 0.3) is 0 Å². The van der Waals surface area contributed by atoms with Crippen molar-refractivity contribution in [2.45, 2.75) is 25.8 Å². The van der Waals surface area contributed by atoms with Crippen LogP contribution in [0.5, 0.6) is 0 Å². The SMILES string of the molecule is Cc1cccc([C@@H](N)C(F)(F)CO)c1C. The Morgan fingerprint density at radius 2 is 2.00 bits per heavy atom. The third kappa shape index (κ3) is 2.33. The third-order valence-corrected chi connectivity index (χ3v) is 2.65. The van der Waals surface area contributed by atoms with Crippen molar-refractivity contribution in [1.29, 1.82) is 0 Å². The van der Waals surface area contributed by atoms with E-state index in [0.29, 0.717) is 5.56 Å². The molecule has 0 saturated heterocycles. The maximum atomic E-state index is 13.2. The number of aliphatic hydroxyl groups is 1. The van der Waals surface area contributed by atoms with E-state index in [9.17, 15) is 8.78 Å². The highest BCUT2D eigenvalue weighted by molar-refractivity contribution is 5.36. The molecule has 0 unspecified atom stereocenters. The zero-order valence-corrected chi connectivity index (χ0v) is 8.80. The van der Waals surface area contributed by atoms with Gasteiger partial charge < -0.3 is 10.8 Å². The van der Waals surface area contributed by atoms with Gasteiger partial charge in [-0.25, -0.2) is 8.78 Å². The third-order valence-electron chi connectivity index (χ3n) is 2.65.